The highest BCUT2D eigenvalue weighted by Crippen LogP contribution is 2.11. The van der Waals surface area contributed by atoms with Crippen LogP contribution in [0.5, 0.6) is 5.75 Å². The molecule has 0 radical (unpaired) electrons. The Hall–Kier alpha value is -1.77. The van der Waals surface area contributed by atoms with Gasteiger partial charge in [-0.3, -0.25) is 0 Å². The summed E-state index contributed by atoms with van der Waals surface area (Å²) in [5.74, 6) is 0.569. The first-order chi connectivity index (χ1) is 7.74. The van der Waals surface area contributed by atoms with Crippen LogP contribution in [0.15, 0.2) is 48.5 Å². The molecule has 0 aromatic heterocycles. The molecule has 0 saturated carbocycles. The average molecular weight is 214 g/mol. The van der Waals surface area contributed by atoms with Gasteiger partial charge in [0.25, 0.3) is 0 Å². The van der Waals surface area contributed by atoms with E-state index in [2.05, 4.69) is 0 Å². The van der Waals surface area contributed by atoms with Crippen LogP contribution in [0, 0.1) is 5.82 Å². The van der Waals surface area contributed by atoms with Gasteiger partial charge in [-0.25, -0.2) is 4.39 Å². The monoisotopic (exact) mass is 214 g/mol. The SMILES string of the molecule is Bc1ccc(OCc2cccc(F)c2)cc1. The van der Waals surface area contributed by atoms with Crippen LogP contribution in [0.1, 0.15) is 5.56 Å². The third-order valence-corrected chi connectivity index (χ3v) is 2.32. The van der Waals surface area contributed by atoms with Crippen LogP contribution in [0.2, 0.25) is 0 Å². The van der Waals surface area contributed by atoms with E-state index >= 15 is 0 Å². The summed E-state index contributed by atoms with van der Waals surface area (Å²) in [5, 5.41) is 0. The fourth-order valence-corrected chi connectivity index (χ4v) is 1.43. The molecule has 0 unspecified atom stereocenters. The maximum Gasteiger partial charge on any atom is 0.139 e. The van der Waals surface area contributed by atoms with Crippen molar-refractivity contribution in [1.29, 1.82) is 0 Å². The predicted octanol–water partition coefficient (Wildman–Crippen LogP) is 1.66. The number of rotatable bonds is 3. The van der Waals surface area contributed by atoms with Crippen LogP contribution in [0.3, 0.4) is 0 Å². The summed E-state index contributed by atoms with van der Waals surface area (Å²) in [6.45, 7) is 0.390. The Morgan fingerprint density at radius 1 is 1.06 bits per heavy atom. The first-order valence-electron chi connectivity index (χ1n) is 5.18. The maximum absolute atomic E-state index is 12.9. The van der Waals surface area contributed by atoms with Gasteiger partial charge in [0.1, 0.15) is 26.0 Å². The molecule has 0 atom stereocenters. The molecule has 0 N–H and O–H groups in total. The quantitative estimate of drug-likeness (QED) is 0.706. The zero-order chi connectivity index (χ0) is 11.4. The molecular weight excluding hydrogens is 202 g/mol. The molecule has 80 valence electrons. The molecule has 16 heavy (non-hydrogen) atoms. The number of hydrogen-bond acceptors (Lipinski definition) is 1. The van der Waals surface area contributed by atoms with Crippen LogP contribution in [0.25, 0.3) is 0 Å². The molecule has 0 amide bonds. The second-order valence-corrected chi connectivity index (χ2v) is 3.73. The van der Waals surface area contributed by atoms with Gasteiger partial charge in [0.15, 0.2) is 0 Å². The molecule has 2 aromatic rings. The van der Waals surface area contributed by atoms with Crippen molar-refractivity contribution >= 4 is 13.3 Å². The van der Waals surface area contributed by atoms with Crippen LogP contribution in [-0.2, 0) is 6.61 Å². The number of halogens is 1. The summed E-state index contributed by atoms with van der Waals surface area (Å²) in [6.07, 6.45) is 0. The minimum Gasteiger partial charge on any atom is -0.489 e. The first kappa shape index (κ1) is 10.7. The smallest absolute Gasteiger partial charge is 0.139 e. The maximum atomic E-state index is 12.9. The second-order valence-electron chi connectivity index (χ2n) is 3.73. The van der Waals surface area contributed by atoms with E-state index in [0.717, 1.165) is 11.3 Å². The molecule has 0 aliphatic rings. The summed E-state index contributed by atoms with van der Waals surface area (Å²) >= 11 is 0. The fourth-order valence-electron chi connectivity index (χ4n) is 1.43. The molecule has 0 spiro atoms. The highest BCUT2D eigenvalue weighted by atomic mass is 19.1. The summed E-state index contributed by atoms with van der Waals surface area (Å²) in [4.78, 5) is 0. The Morgan fingerprint density at radius 3 is 2.50 bits per heavy atom. The van der Waals surface area contributed by atoms with Gasteiger partial charge in [0.2, 0.25) is 0 Å². The summed E-state index contributed by atoms with van der Waals surface area (Å²) in [6, 6.07) is 14.2. The van der Waals surface area contributed by atoms with E-state index in [0.29, 0.717) is 6.61 Å². The van der Waals surface area contributed by atoms with E-state index < -0.39 is 0 Å². The highest BCUT2D eigenvalue weighted by molar-refractivity contribution is 6.32. The molecule has 1 nitrogen and oxygen atoms in total. The van der Waals surface area contributed by atoms with Gasteiger partial charge in [-0.1, -0.05) is 29.7 Å². The van der Waals surface area contributed by atoms with Crippen LogP contribution in [-0.4, -0.2) is 7.85 Å². The molecule has 2 rings (SSSR count). The predicted molar refractivity (Wildman–Crippen MR) is 65.4 cm³/mol. The Morgan fingerprint density at radius 2 is 1.81 bits per heavy atom. The largest absolute Gasteiger partial charge is 0.489 e. The lowest BCUT2D eigenvalue weighted by Crippen LogP contribution is -2.01. The average Bonchev–Trinajstić information content (AvgIpc) is 2.28. The van der Waals surface area contributed by atoms with Crippen molar-refractivity contribution in [2.45, 2.75) is 6.61 Å². The highest BCUT2D eigenvalue weighted by Gasteiger charge is 1.97. The van der Waals surface area contributed by atoms with Crippen molar-refractivity contribution < 1.29 is 9.13 Å². The van der Waals surface area contributed by atoms with Crippen LogP contribution >= 0.6 is 0 Å². The van der Waals surface area contributed by atoms with E-state index in [-0.39, 0.29) is 5.82 Å². The molecular formula is C13H12BFO. The topological polar surface area (TPSA) is 9.23 Å². The van der Waals surface area contributed by atoms with Crippen molar-refractivity contribution in [1.82, 2.24) is 0 Å². The van der Waals surface area contributed by atoms with E-state index in [1.807, 2.05) is 38.2 Å². The molecule has 0 aliphatic carbocycles. The Balaban J connectivity index is 1.99. The molecule has 0 heterocycles. The summed E-state index contributed by atoms with van der Waals surface area (Å²) in [7, 11) is 2.02. The number of benzene rings is 2. The van der Waals surface area contributed by atoms with E-state index in [1.165, 1.54) is 17.6 Å². The van der Waals surface area contributed by atoms with Crippen molar-refractivity contribution in [3.63, 3.8) is 0 Å². The lowest BCUT2D eigenvalue weighted by Gasteiger charge is -2.06. The summed E-state index contributed by atoms with van der Waals surface area (Å²) < 4.78 is 18.4. The van der Waals surface area contributed by atoms with E-state index in [1.54, 1.807) is 6.07 Å². The van der Waals surface area contributed by atoms with Crippen LogP contribution in [0.4, 0.5) is 4.39 Å². The minimum atomic E-state index is -0.231. The number of ether oxygens (including phenoxy) is 1. The third kappa shape index (κ3) is 2.86. The zero-order valence-electron chi connectivity index (χ0n) is 9.11. The second kappa shape index (κ2) is 4.84. The fraction of sp³-hybridized carbons (Fsp3) is 0.0769. The lowest BCUT2D eigenvalue weighted by atomic mass is 9.97. The summed E-state index contributed by atoms with van der Waals surface area (Å²) in [5.41, 5.74) is 2.03. The Kier molecular flexibility index (Phi) is 3.25. The lowest BCUT2D eigenvalue weighted by molar-refractivity contribution is 0.305. The van der Waals surface area contributed by atoms with Gasteiger partial charge >= 0.3 is 0 Å². The van der Waals surface area contributed by atoms with Gasteiger partial charge in [0.05, 0.1) is 0 Å². The first-order valence-corrected chi connectivity index (χ1v) is 5.18. The van der Waals surface area contributed by atoms with Crippen molar-refractivity contribution in [3.8, 4) is 5.75 Å². The van der Waals surface area contributed by atoms with Gasteiger partial charge in [0, 0.05) is 0 Å². The van der Waals surface area contributed by atoms with E-state index in [9.17, 15) is 4.39 Å². The van der Waals surface area contributed by atoms with Gasteiger partial charge in [-0.2, -0.15) is 0 Å². The molecule has 2 aromatic carbocycles. The standard InChI is InChI=1S/C13H12BFO/c14-11-4-6-13(7-5-11)16-9-10-2-1-3-12(15)8-10/h1-8H,9,14H2. The minimum absolute atomic E-state index is 0.231. The van der Waals surface area contributed by atoms with Gasteiger partial charge in [-0.05, 0) is 29.8 Å². The van der Waals surface area contributed by atoms with Gasteiger partial charge < -0.3 is 4.74 Å². The van der Waals surface area contributed by atoms with Crippen LogP contribution < -0.4 is 10.2 Å². The third-order valence-electron chi connectivity index (χ3n) is 2.32. The molecule has 3 heteroatoms. The molecule has 0 aliphatic heterocycles. The Bertz CT molecular complexity index is 468. The normalized spacial score (nSPS) is 10.1. The number of hydrogen-bond donors (Lipinski definition) is 0. The zero-order valence-corrected chi connectivity index (χ0v) is 9.11. The van der Waals surface area contributed by atoms with E-state index in [4.69, 9.17) is 4.74 Å². The molecule has 0 saturated heterocycles. The Labute approximate surface area is 95.3 Å². The van der Waals surface area contributed by atoms with Crippen molar-refractivity contribution in [2.75, 3.05) is 0 Å². The molecule has 0 bridgehead atoms. The van der Waals surface area contributed by atoms with Gasteiger partial charge in [-0.15, -0.1) is 0 Å². The molecule has 0 fully saturated rings. The van der Waals surface area contributed by atoms with Crippen molar-refractivity contribution in [2.24, 2.45) is 0 Å². The van der Waals surface area contributed by atoms with Crippen molar-refractivity contribution in [3.05, 3.63) is 59.9 Å².